The van der Waals surface area contributed by atoms with Crippen LogP contribution in [-0.2, 0) is 0 Å². The maximum absolute atomic E-state index is 12.0. The lowest BCUT2D eigenvalue weighted by Crippen LogP contribution is -2.08. The van der Waals surface area contributed by atoms with E-state index >= 15 is 0 Å². The molecule has 1 heterocycles. The first kappa shape index (κ1) is 20.0. The van der Waals surface area contributed by atoms with Gasteiger partial charge in [0, 0.05) is 0 Å². The van der Waals surface area contributed by atoms with E-state index in [1.54, 1.807) is 24.3 Å². The van der Waals surface area contributed by atoms with Crippen LogP contribution in [0.15, 0.2) is 64.3 Å². The quantitative estimate of drug-likeness (QED) is 0.256. The Kier molecular flexibility index (Phi) is 6.16. The maximum Gasteiger partial charge on any atom is 0.379 e. The molecule has 0 atom stereocenters. The van der Waals surface area contributed by atoms with Crippen LogP contribution in [0.2, 0.25) is 5.02 Å². The Balaban J connectivity index is 1.72. The molecular weight excluding hydrogens is 400 g/mol. The molecule has 2 N–H and O–H groups in total. The Morgan fingerprint density at radius 2 is 2.00 bits per heavy atom. The number of hydrazone groups is 1. The summed E-state index contributed by atoms with van der Waals surface area (Å²) < 4.78 is 15.5. The van der Waals surface area contributed by atoms with Crippen LogP contribution in [-0.4, -0.2) is 30.4 Å². The van der Waals surface area contributed by atoms with E-state index in [-0.39, 0.29) is 17.1 Å². The van der Waals surface area contributed by atoms with E-state index < -0.39 is 11.9 Å². The zero-order valence-electron chi connectivity index (χ0n) is 15.1. The summed E-state index contributed by atoms with van der Waals surface area (Å²) >= 11 is 6.04. The molecule has 0 aliphatic rings. The van der Waals surface area contributed by atoms with Gasteiger partial charge in [0.1, 0.15) is 0 Å². The summed E-state index contributed by atoms with van der Waals surface area (Å²) in [6.45, 7) is 0. The molecule has 1 aromatic heterocycles. The lowest BCUT2D eigenvalue weighted by atomic mass is 10.2. The number of rotatable bonds is 7. The summed E-state index contributed by atoms with van der Waals surface area (Å²) in [5.41, 5.74) is 3.76. The normalized spacial score (nSPS) is 10.7. The number of hydrogen-bond acceptors (Lipinski definition) is 7. The number of furan rings is 1. The molecule has 0 aliphatic carbocycles. The highest BCUT2D eigenvalue weighted by atomic mass is 35.5. The molecule has 29 heavy (non-hydrogen) atoms. The number of carbonyl (C=O) groups is 2. The predicted molar refractivity (Wildman–Crippen MR) is 106 cm³/mol. The van der Waals surface area contributed by atoms with Crippen LogP contribution in [0.3, 0.4) is 0 Å². The lowest BCUT2D eigenvalue weighted by Gasteiger charge is -2.09. The van der Waals surface area contributed by atoms with E-state index in [9.17, 15) is 9.59 Å². The van der Waals surface area contributed by atoms with E-state index in [0.29, 0.717) is 22.0 Å². The molecule has 3 rings (SSSR count). The molecule has 2 aromatic carbocycles. The molecule has 8 nitrogen and oxygen atoms in total. The van der Waals surface area contributed by atoms with Crippen molar-refractivity contribution < 1.29 is 28.6 Å². The highest BCUT2D eigenvalue weighted by molar-refractivity contribution is 6.33. The van der Waals surface area contributed by atoms with Gasteiger partial charge >= 0.3 is 11.9 Å². The molecule has 0 radical (unpaired) electrons. The van der Waals surface area contributed by atoms with Gasteiger partial charge in [-0.3, -0.25) is 5.43 Å². The molecule has 0 spiro atoms. The van der Waals surface area contributed by atoms with Crippen molar-refractivity contribution in [1.29, 1.82) is 0 Å². The van der Waals surface area contributed by atoms with Crippen molar-refractivity contribution in [3.05, 3.63) is 76.7 Å². The number of carbonyl (C=O) groups excluding carboxylic acids is 1. The summed E-state index contributed by atoms with van der Waals surface area (Å²) in [4.78, 5) is 23.1. The average molecular weight is 415 g/mol. The smallest absolute Gasteiger partial charge is 0.379 e. The van der Waals surface area contributed by atoms with Crippen LogP contribution in [0.4, 0.5) is 5.69 Å². The van der Waals surface area contributed by atoms with Gasteiger partial charge in [-0.25, -0.2) is 9.59 Å². The second kappa shape index (κ2) is 8.94. The van der Waals surface area contributed by atoms with Gasteiger partial charge in [0.15, 0.2) is 11.5 Å². The van der Waals surface area contributed by atoms with Crippen LogP contribution < -0.4 is 14.9 Å². The molecule has 0 unspecified atom stereocenters. The van der Waals surface area contributed by atoms with Crippen molar-refractivity contribution in [2.45, 2.75) is 0 Å². The van der Waals surface area contributed by atoms with Crippen molar-refractivity contribution in [1.82, 2.24) is 0 Å². The van der Waals surface area contributed by atoms with Crippen molar-refractivity contribution in [2.75, 3.05) is 12.5 Å². The van der Waals surface area contributed by atoms with Gasteiger partial charge in [-0.15, -0.1) is 0 Å². The molecule has 0 fully saturated rings. The number of carboxylic acids is 1. The molecule has 0 amide bonds. The van der Waals surface area contributed by atoms with Gasteiger partial charge in [0.25, 0.3) is 0 Å². The minimum Gasteiger partial charge on any atom is -0.493 e. The molecule has 0 saturated heterocycles. The Hall–Kier alpha value is -3.78. The van der Waals surface area contributed by atoms with Gasteiger partial charge in [0.05, 0.1) is 35.9 Å². The summed E-state index contributed by atoms with van der Waals surface area (Å²) in [5, 5.41) is 13.4. The van der Waals surface area contributed by atoms with Gasteiger partial charge in [0.2, 0.25) is 5.76 Å². The Morgan fingerprint density at radius 1 is 1.17 bits per heavy atom. The molecule has 0 saturated carbocycles. The largest absolute Gasteiger partial charge is 0.493 e. The summed E-state index contributed by atoms with van der Waals surface area (Å²) in [5.74, 6) is -1.11. The van der Waals surface area contributed by atoms with Crippen LogP contribution in [0.25, 0.3) is 0 Å². The number of ether oxygens (including phenoxy) is 2. The van der Waals surface area contributed by atoms with Crippen molar-refractivity contribution in [3.63, 3.8) is 0 Å². The van der Waals surface area contributed by atoms with E-state index in [0.717, 1.165) is 0 Å². The number of nitrogens with zero attached hydrogens (tertiary/aromatic N) is 1. The molecule has 9 heteroatoms. The number of carboxylic acid groups (broad SMARTS) is 1. The molecular formula is C20H15ClN2O6. The zero-order chi connectivity index (χ0) is 20.8. The number of hydrogen-bond donors (Lipinski definition) is 2. The van der Waals surface area contributed by atoms with Crippen LogP contribution in [0, 0.1) is 0 Å². The highest BCUT2D eigenvalue weighted by Crippen LogP contribution is 2.28. The van der Waals surface area contributed by atoms with Crippen LogP contribution >= 0.6 is 11.6 Å². The fourth-order valence-electron chi connectivity index (χ4n) is 2.31. The van der Waals surface area contributed by atoms with Crippen molar-refractivity contribution in [3.8, 4) is 11.5 Å². The number of aromatic carboxylic acids is 1. The van der Waals surface area contributed by atoms with Gasteiger partial charge < -0.3 is 19.0 Å². The maximum atomic E-state index is 12.0. The van der Waals surface area contributed by atoms with E-state index in [2.05, 4.69) is 10.5 Å². The second-order valence-corrected chi connectivity index (χ2v) is 6.05. The number of halogens is 1. The first-order valence-electron chi connectivity index (χ1n) is 8.23. The van der Waals surface area contributed by atoms with Gasteiger partial charge in [-0.1, -0.05) is 11.6 Å². The summed E-state index contributed by atoms with van der Waals surface area (Å²) in [6.07, 6.45) is 2.85. The van der Waals surface area contributed by atoms with Crippen molar-refractivity contribution in [2.24, 2.45) is 5.10 Å². The number of esters is 1. The number of benzene rings is 2. The highest BCUT2D eigenvalue weighted by Gasteiger charge is 2.15. The molecule has 3 aromatic rings. The minimum absolute atomic E-state index is 0.0716. The monoisotopic (exact) mass is 414 g/mol. The number of nitrogens with one attached hydrogen (secondary N) is 1. The zero-order valence-corrected chi connectivity index (χ0v) is 15.8. The Labute approximate surface area is 170 Å². The average Bonchev–Trinajstić information content (AvgIpc) is 3.25. The van der Waals surface area contributed by atoms with Crippen LogP contribution in [0.1, 0.15) is 26.5 Å². The predicted octanol–water partition coefficient (Wildman–Crippen LogP) is 4.31. The first-order valence-corrected chi connectivity index (χ1v) is 8.61. The van der Waals surface area contributed by atoms with Gasteiger partial charge in [-0.2, -0.15) is 5.10 Å². The van der Waals surface area contributed by atoms with E-state index in [1.807, 2.05) is 0 Å². The lowest BCUT2D eigenvalue weighted by molar-refractivity contribution is 0.0687. The fraction of sp³-hybridized carbons (Fsp3) is 0.0500. The van der Waals surface area contributed by atoms with Gasteiger partial charge in [-0.05, 0) is 54.1 Å². The standard InChI is InChI=1S/C20H15ClN2O6/c1-27-18-9-12(4-7-16(18)29-20(26)17-3-2-8-28-17)11-22-23-15-10-13(19(24)25)5-6-14(15)21/h2-11,23H,1H3,(H,24,25). The number of anilines is 1. The third kappa shape index (κ3) is 4.94. The Bertz CT molecular complexity index is 1060. The van der Waals surface area contributed by atoms with Crippen molar-refractivity contribution >= 4 is 35.4 Å². The van der Waals surface area contributed by atoms with E-state index in [4.69, 9.17) is 30.6 Å². The summed E-state index contributed by atoms with van der Waals surface area (Å²) in [6, 6.07) is 12.1. The minimum atomic E-state index is -1.07. The van der Waals surface area contributed by atoms with Crippen LogP contribution in [0.5, 0.6) is 11.5 Å². The third-order valence-corrected chi connectivity index (χ3v) is 4.05. The topological polar surface area (TPSA) is 110 Å². The fourth-order valence-corrected chi connectivity index (χ4v) is 2.47. The number of methoxy groups -OCH3 is 1. The Morgan fingerprint density at radius 3 is 2.69 bits per heavy atom. The molecule has 0 bridgehead atoms. The molecule has 148 valence electrons. The second-order valence-electron chi connectivity index (χ2n) is 5.65. The first-order chi connectivity index (χ1) is 14.0. The van der Waals surface area contributed by atoms with E-state index in [1.165, 1.54) is 43.9 Å². The molecule has 0 aliphatic heterocycles. The summed E-state index contributed by atoms with van der Waals surface area (Å²) in [7, 11) is 1.44. The SMILES string of the molecule is COc1cc(C=NNc2cc(C(=O)O)ccc2Cl)ccc1OC(=O)c1ccco1. The third-order valence-electron chi connectivity index (χ3n) is 3.72.